The predicted octanol–water partition coefficient (Wildman–Crippen LogP) is 4.32. The molecule has 3 aromatic rings. The molecule has 8 heteroatoms. The number of rotatable bonds is 5. The molecule has 0 radical (unpaired) electrons. The Morgan fingerprint density at radius 1 is 1.26 bits per heavy atom. The maximum Gasteiger partial charge on any atom is 0.259 e. The zero-order valence-corrected chi connectivity index (χ0v) is 16.5. The van der Waals surface area contributed by atoms with E-state index in [0.717, 1.165) is 4.47 Å². The molecule has 1 amide bonds. The third kappa shape index (κ3) is 4.23. The average Bonchev–Trinajstić information content (AvgIpc) is 2.63. The summed E-state index contributed by atoms with van der Waals surface area (Å²) in [7, 11) is 0. The summed E-state index contributed by atoms with van der Waals surface area (Å²) in [6.45, 7) is 4.00. The fourth-order valence-corrected chi connectivity index (χ4v) is 3.34. The number of nitrogens with zero attached hydrogens (tertiary/aromatic N) is 1. The lowest BCUT2D eigenvalue weighted by Gasteiger charge is -2.22. The molecule has 3 rings (SSSR count). The van der Waals surface area contributed by atoms with Crippen LogP contribution < -0.4 is 5.56 Å². The van der Waals surface area contributed by atoms with Crippen LogP contribution in [0.15, 0.2) is 58.3 Å². The normalized spacial score (nSPS) is 10.7. The number of nitrogens with one attached hydrogen (secondary N) is 2. The van der Waals surface area contributed by atoms with Crippen LogP contribution in [0, 0.1) is 10.6 Å². The van der Waals surface area contributed by atoms with Gasteiger partial charge in [0.05, 0.1) is 10.9 Å². The highest BCUT2D eigenvalue weighted by Crippen LogP contribution is 2.19. The summed E-state index contributed by atoms with van der Waals surface area (Å²) in [5, 5.41) is 0.397. The van der Waals surface area contributed by atoms with Gasteiger partial charge in [-0.15, -0.1) is 6.58 Å². The van der Waals surface area contributed by atoms with Gasteiger partial charge in [-0.3, -0.25) is 14.6 Å². The van der Waals surface area contributed by atoms with Gasteiger partial charge in [0.2, 0.25) is 0 Å². The summed E-state index contributed by atoms with van der Waals surface area (Å²) in [6.07, 6.45) is 1.58. The van der Waals surface area contributed by atoms with Crippen molar-refractivity contribution in [3.05, 3.63) is 85.6 Å². The van der Waals surface area contributed by atoms with E-state index in [4.69, 9.17) is 12.2 Å². The van der Waals surface area contributed by atoms with Crippen molar-refractivity contribution in [1.82, 2.24) is 14.9 Å². The molecule has 0 aliphatic carbocycles. The lowest BCUT2D eigenvalue weighted by Crippen LogP contribution is -2.31. The van der Waals surface area contributed by atoms with Gasteiger partial charge in [-0.1, -0.05) is 22.0 Å². The molecule has 0 atom stereocenters. The molecule has 2 N–H and O–H groups in total. The fraction of sp³-hybridized carbons (Fsp3) is 0.105. The number of carbonyl (C=O) groups excluding carboxylic acids is 1. The number of amides is 1. The third-order valence-electron chi connectivity index (χ3n) is 3.99. The van der Waals surface area contributed by atoms with E-state index in [1.54, 1.807) is 36.4 Å². The minimum absolute atomic E-state index is 0.0829. The number of carbonyl (C=O) groups is 1. The molecule has 0 saturated carbocycles. The highest BCUT2D eigenvalue weighted by molar-refractivity contribution is 9.10. The van der Waals surface area contributed by atoms with Gasteiger partial charge in [0, 0.05) is 28.7 Å². The van der Waals surface area contributed by atoms with Crippen LogP contribution in [0.5, 0.6) is 0 Å². The van der Waals surface area contributed by atoms with Crippen LogP contribution in [0.25, 0.3) is 10.9 Å². The van der Waals surface area contributed by atoms with Crippen LogP contribution in [0.2, 0.25) is 0 Å². The Balaban J connectivity index is 1.98. The first-order valence-electron chi connectivity index (χ1n) is 7.99. The third-order valence-corrected chi connectivity index (χ3v) is 4.69. The molecule has 0 aliphatic rings. The average molecular weight is 448 g/mol. The number of halogens is 2. The Labute approximate surface area is 167 Å². The maximum absolute atomic E-state index is 14.1. The minimum Gasteiger partial charge on any atom is -0.332 e. The summed E-state index contributed by atoms with van der Waals surface area (Å²) in [5.74, 6) is -0.704. The van der Waals surface area contributed by atoms with Gasteiger partial charge in [-0.05, 0) is 48.6 Å². The Bertz CT molecular complexity index is 1160. The summed E-state index contributed by atoms with van der Waals surface area (Å²) < 4.78 is 15.0. The fourth-order valence-electron chi connectivity index (χ4n) is 2.73. The number of fused-ring (bicyclic) bond motifs is 1. The quantitative estimate of drug-likeness (QED) is 0.452. The standard InChI is InChI=1S/C19H15BrFN3O2S/c1-2-7-24(10-12-8-13(20)4-6-15(12)21)18(26)11-3-5-14-16(9-11)22-19(27)23-17(14)25/h2-6,8-9H,1,7,10H2,(H2,22,23,25,27). The van der Waals surface area contributed by atoms with Crippen molar-refractivity contribution >= 4 is 45.0 Å². The summed E-state index contributed by atoms with van der Waals surface area (Å²) >= 11 is 8.29. The van der Waals surface area contributed by atoms with Crippen LogP contribution in [-0.2, 0) is 6.54 Å². The van der Waals surface area contributed by atoms with E-state index >= 15 is 0 Å². The van der Waals surface area contributed by atoms with Gasteiger partial charge in [0.25, 0.3) is 11.5 Å². The van der Waals surface area contributed by atoms with Crippen LogP contribution in [0.1, 0.15) is 15.9 Å². The first-order valence-corrected chi connectivity index (χ1v) is 9.19. The van der Waals surface area contributed by atoms with E-state index in [9.17, 15) is 14.0 Å². The number of hydrogen-bond acceptors (Lipinski definition) is 3. The second-order valence-corrected chi connectivity index (χ2v) is 7.20. The zero-order valence-electron chi connectivity index (χ0n) is 14.1. The molecule has 0 fully saturated rings. The number of aromatic nitrogens is 2. The zero-order chi connectivity index (χ0) is 19.6. The van der Waals surface area contributed by atoms with E-state index < -0.39 is 5.82 Å². The van der Waals surface area contributed by atoms with Crippen LogP contribution in [0.3, 0.4) is 0 Å². The Hall–Kier alpha value is -2.58. The van der Waals surface area contributed by atoms with Gasteiger partial charge < -0.3 is 9.88 Å². The first kappa shape index (κ1) is 19.2. The lowest BCUT2D eigenvalue weighted by atomic mass is 10.1. The molecule has 0 unspecified atom stereocenters. The van der Waals surface area contributed by atoms with Gasteiger partial charge in [0.15, 0.2) is 4.77 Å². The van der Waals surface area contributed by atoms with E-state index in [0.29, 0.717) is 22.0 Å². The number of benzene rings is 2. The van der Waals surface area contributed by atoms with Crippen molar-refractivity contribution in [2.75, 3.05) is 6.54 Å². The summed E-state index contributed by atoms with van der Waals surface area (Å²) in [4.78, 5) is 31.7. The minimum atomic E-state index is -0.394. The summed E-state index contributed by atoms with van der Waals surface area (Å²) in [5.41, 5.74) is 0.876. The highest BCUT2D eigenvalue weighted by Gasteiger charge is 2.18. The Morgan fingerprint density at radius 3 is 2.78 bits per heavy atom. The summed E-state index contributed by atoms with van der Waals surface area (Å²) in [6, 6.07) is 9.26. The first-order chi connectivity index (χ1) is 12.9. The van der Waals surface area contributed by atoms with Crippen molar-refractivity contribution in [3.8, 4) is 0 Å². The molecule has 0 bridgehead atoms. The molecule has 5 nitrogen and oxygen atoms in total. The molecule has 1 aromatic heterocycles. The van der Waals surface area contributed by atoms with Crippen molar-refractivity contribution in [3.63, 3.8) is 0 Å². The van der Waals surface area contributed by atoms with Crippen molar-refractivity contribution in [1.29, 1.82) is 0 Å². The second-order valence-electron chi connectivity index (χ2n) is 5.88. The molecule has 2 aromatic carbocycles. The Morgan fingerprint density at radius 2 is 2.04 bits per heavy atom. The molecule has 0 saturated heterocycles. The lowest BCUT2D eigenvalue weighted by molar-refractivity contribution is 0.0761. The van der Waals surface area contributed by atoms with Crippen molar-refractivity contribution in [2.45, 2.75) is 6.54 Å². The number of hydrogen-bond donors (Lipinski definition) is 2. The van der Waals surface area contributed by atoms with Gasteiger partial charge in [-0.25, -0.2) is 4.39 Å². The predicted molar refractivity (Wildman–Crippen MR) is 109 cm³/mol. The van der Waals surface area contributed by atoms with Crippen LogP contribution in [0.4, 0.5) is 4.39 Å². The molecule has 0 spiro atoms. The molecular formula is C19H15BrFN3O2S. The molecule has 27 heavy (non-hydrogen) atoms. The van der Waals surface area contributed by atoms with Crippen molar-refractivity contribution in [2.24, 2.45) is 0 Å². The molecular weight excluding hydrogens is 433 g/mol. The van der Waals surface area contributed by atoms with E-state index in [1.165, 1.54) is 11.0 Å². The Kier molecular flexibility index (Phi) is 5.67. The SMILES string of the molecule is C=CCN(Cc1cc(Br)ccc1F)C(=O)c1ccc2c(=O)[nH]c(=S)[nH]c2c1. The van der Waals surface area contributed by atoms with E-state index in [-0.39, 0.29) is 29.3 Å². The van der Waals surface area contributed by atoms with E-state index in [1.807, 2.05) is 0 Å². The topological polar surface area (TPSA) is 69.0 Å². The van der Waals surface area contributed by atoms with E-state index in [2.05, 4.69) is 32.5 Å². The van der Waals surface area contributed by atoms with Crippen LogP contribution in [-0.4, -0.2) is 27.3 Å². The highest BCUT2D eigenvalue weighted by atomic mass is 79.9. The molecule has 1 heterocycles. The molecule has 138 valence electrons. The maximum atomic E-state index is 14.1. The van der Waals surface area contributed by atoms with Crippen LogP contribution >= 0.6 is 28.1 Å². The molecule has 0 aliphatic heterocycles. The smallest absolute Gasteiger partial charge is 0.259 e. The largest absolute Gasteiger partial charge is 0.332 e. The van der Waals surface area contributed by atoms with Gasteiger partial charge in [0.1, 0.15) is 5.82 Å². The second kappa shape index (κ2) is 7.98. The van der Waals surface area contributed by atoms with Gasteiger partial charge >= 0.3 is 0 Å². The number of H-pyrrole nitrogens is 2. The van der Waals surface area contributed by atoms with Crippen molar-refractivity contribution < 1.29 is 9.18 Å². The monoisotopic (exact) mass is 447 g/mol. The number of aromatic amines is 2. The van der Waals surface area contributed by atoms with Gasteiger partial charge in [-0.2, -0.15) is 0 Å².